The normalized spacial score (nSPS) is 16.6. The minimum atomic E-state index is -0.444. The van der Waals surface area contributed by atoms with E-state index in [1.54, 1.807) is 21.9 Å². The van der Waals surface area contributed by atoms with Crippen LogP contribution in [0.25, 0.3) is 0 Å². The van der Waals surface area contributed by atoms with Crippen LogP contribution in [0.4, 0.5) is 0 Å². The number of benzene rings is 2. The molecular formula is C23H25N5O3. The van der Waals surface area contributed by atoms with Crippen molar-refractivity contribution in [3.63, 3.8) is 0 Å². The maximum atomic E-state index is 13.3. The first-order chi connectivity index (χ1) is 15.1. The number of para-hydroxylation sites is 1. The quantitative estimate of drug-likeness (QED) is 0.686. The minimum absolute atomic E-state index is 0.0591. The second kappa shape index (κ2) is 9.42. The Bertz CT molecular complexity index is 1020. The van der Waals surface area contributed by atoms with E-state index in [9.17, 15) is 9.59 Å². The lowest BCUT2D eigenvalue weighted by Gasteiger charge is -2.30. The third kappa shape index (κ3) is 4.91. The zero-order valence-corrected chi connectivity index (χ0v) is 17.4. The summed E-state index contributed by atoms with van der Waals surface area (Å²) < 4.78 is 5.64. The van der Waals surface area contributed by atoms with E-state index in [0.29, 0.717) is 49.0 Å². The number of rotatable bonds is 5. The molecule has 0 spiro atoms. The van der Waals surface area contributed by atoms with Crippen LogP contribution in [0.3, 0.4) is 0 Å². The Morgan fingerprint density at radius 1 is 1.06 bits per heavy atom. The van der Waals surface area contributed by atoms with Crippen molar-refractivity contribution in [3.8, 4) is 5.75 Å². The van der Waals surface area contributed by atoms with E-state index in [-0.39, 0.29) is 18.4 Å². The highest BCUT2D eigenvalue weighted by molar-refractivity contribution is 5.94. The lowest BCUT2D eigenvalue weighted by molar-refractivity contribution is -0.133. The van der Waals surface area contributed by atoms with E-state index in [4.69, 9.17) is 4.74 Å². The maximum Gasteiger partial charge on any atom is 0.260 e. The SMILES string of the molecule is Cc1nc(C2CN(C(=O)COc3ccccc3)CCCN2C(=O)c2ccccc2)n[nH]1. The van der Waals surface area contributed by atoms with Gasteiger partial charge in [0.2, 0.25) is 0 Å². The van der Waals surface area contributed by atoms with Crippen LogP contribution in [0.5, 0.6) is 5.75 Å². The van der Waals surface area contributed by atoms with Crippen molar-refractivity contribution in [3.05, 3.63) is 77.9 Å². The van der Waals surface area contributed by atoms with Crippen molar-refractivity contribution >= 4 is 11.8 Å². The Labute approximate surface area is 180 Å². The fourth-order valence-electron chi connectivity index (χ4n) is 3.69. The number of amides is 2. The molecule has 1 atom stereocenters. The highest BCUT2D eigenvalue weighted by Crippen LogP contribution is 2.25. The summed E-state index contributed by atoms with van der Waals surface area (Å²) in [6, 6.07) is 18.0. The van der Waals surface area contributed by atoms with E-state index in [0.717, 1.165) is 0 Å². The molecule has 2 aromatic carbocycles. The molecule has 1 saturated heterocycles. The monoisotopic (exact) mass is 419 g/mol. The fourth-order valence-corrected chi connectivity index (χ4v) is 3.69. The summed E-state index contributed by atoms with van der Waals surface area (Å²) in [5.41, 5.74) is 0.604. The van der Waals surface area contributed by atoms with Gasteiger partial charge in [0.25, 0.3) is 11.8 Å². The summed E-state index contributed by atoms with van der Waals surface area (Å²) >= 11 is 0. The van der Waals surface area contributed by atoms with Crippen molar-refractivity contribution in [2.45, 2.75) is 19.4 Å². The molecule has 2 heterocycles. The molecule has 4 rings (SSSR count). The summed E-state index contributed by atoms with van der Waals surface area (Å²) in [4.78, 5) is 34.1. The van der Waals surface area contributed by atoms with Crippen molar-refractivity contribution < 1.29 is 14.3 Å². The number of nitrogens with zero attached hydrogens (tertiary/aromatic N) is 4. The lowest BCUT2D eigenvalue weighted by atomic mass is 10.1. The molecule has 160 valence electrons. The smallest absolute Gasteiger partial charge is 0.260 e. The highest BCUT2D eigenvalue weighted by Gasteiger charge is 2.34. The second-order valence-corrected chi connectivity index (χ2v) is 7.45. The Kier molecular flexibility index (Phi) is 6.26. The van der Waals surface area contributed by atoms with E-state index < -0.39 is 6.04 Å². The van der Waals surface area contributed by atoms with Gasteiger partial charge >= 0.3 is 0 Å². The molecule has 1 N–H and O–H groups in total. The Hall–Kier alpha value is -3.68. The fraction of sp³-hybridized carbons (Fsp3) is 0.304. The van der Waals surface area contributed by atoms with Crippen LogP contribution in [-0.4, -0.2) is 63.0 Å². The standard InChI is InChI=1S/C23H25N5O3/c1-17-24-22(26-25-17)20-15-27(21(29)16-31-19-11-6-3-7-12-19)13-8-14-28(20)23(30)18-9-4-2-5-10-18/h2-7,9-12,20H,8,13-16H2,1H3,(H,24,25,26). The van der Waals surface area contributed by atoms with Gasteiger partial charge in [-0.25, -0.2) is 4.98 Å². The number of hydrogen-bond donors (Lipinski definition) is 1. The predicted octanol–water partition coefficient (Wildman–Crippen LogP) is 2.61. The molecule has 8 heteroatoms. The molecule has 1 aliphatic heterocycles. The Balaban J connectivity index is 1.53. The van der Waals surface area contributed by atoms with Crippen LogP contribution < -0.4 is 4.74 Å². The molecular weight excluding hydrogens is 394 g/mol. The number of carbonyl (C=O) groups excluding carboxylic acids is 2. The average molecular weight is 419 g/mol. The molecule has 2 amide bonds. The first-order valence-electron chi connectivity index (χ1n) is 10.3. The lowest BCUT2D eigenvalue weighted by Crippen LogP contribution is -2.42. The zero-order valence-electron chi connectivity index (χ0n) is 17.4. The Morgan fingerprint density at radius 2 is 1.77 bits per heavy atom. The minimum Gasteiger partial charge on any atom is -0.484 e. The van der Waals surface area contributed by atoms with Crippen LogP contribution in [0.1, 0.15) is 34.5 Å². The first kappa shape index (κ1) is 20.6. The van der Waals surface area contributed by atoms with Crippen LogP contribution in [0, 0.1) is 6.92 Å². The summed E-state index contributed by atoms with van der Waals surface area (Å²) in [7, 11) is 0. The number of H-pyrrole nitrogens is 1. The van der Waals surface area contributed by atoms with Gasteiger partial charge < -0.3 is 14.5 Å². The Morgan fingerprint density at radius 3 is 2.45 bits per heavy atom. The number of ether oxygens (including phenoxy) is 1. The van der Waals surface area contributed by atoms with Crippen molar-refractivity contribution in [2.24, 2.45) is 0 Å². The third-order valence-electron chi connectivity index (χ3n) is 5.25. The first-order valence-corrected chi connectivity index (χ1v) is 10.3. The van der Waals surface area contributed by atoms with E-state index >= 15 is 0 Å². The van der Waals surface area contributed by atoms with Gasteiger partial charge in [-0.15, -0.1) is 0 Å². The molecule has 0 aliphatic carbocycles. The van der Waals surface area contributed by atoms with Crippen molar-refractivity contribution in [1.82, 2.24) is 25.0 Å². The van der Waals surface area contributed by atoms with E-state index in [2.05, 4.69) is 15.2 Å². The molecule has 31 heavy (non-hydrogen) atoms. The van der Waals surface area contributed by atoms with Crippen LogP contribution in [0.15, 0.2) is 60.7 Å². The van der Waals surface area contributed by atoms with Gasteiger partial charge in [0.15, 0.2) is 12.4 Å². The van der Waals surface area contributed by atoms with Gasteiger partial charge in [0.05, 0.1) is 0 Å². The topological polar surface area (TPSA) is 91.4 Å². The van der Waals surface area contributed by atoms with Crippen LogP contribution in [-0.2, 0) is 4.79 Å². The summed E-state index contributed by atoms with van der Waals surface area (Å²) in [5.74, 6) is 1.59. The molecule has 1 aromatic heterocycles. The molecule has 1 unspecified atom stereocenters. The highest BCUT2D eigenvalue weighted by atomic mass is 16.5. The van der Waals surface area contributed by atoms with Crippen LogP contribution >= 0.6 is 0 Å². The van der Waals surface area contributed by atoms with Crippen molar-refractivity contribution in [1.29, 1.82) is 0 Å². The molecule has 0 saturated carbocycles. The molecule has 1 aliphatic rings. The van der Waals surface area contributed by atoms with Gasteiger partial charge in [-0.05, 0) is 37.6 Å². The molecule has 0 bridgehead atoms. The van der Waals surface area contributed by atoms with E-state index in [1.807, 2.05) is 55.5 Å². The molecule has 8 nitrogen and oxygen atoms in total. The number of nitrogens with one attached hydrogen (secondary N) is 1. The van der Waals surface area contributed by atoms with Crippen LogP contribution in [0.2, 0.25) is 0 Å². The third-order valence-corrected chi connectivity index (χ3v) is 5.25. The number of aromatic amines is 1. The second-order valence-electron chi connectivity index (χ2n) is 7.45. The number of carbonyl (C=O) groups is 2. The molecule has 3 aromatic rings. The number of aromatic nitrogens is 3. The maximum absolute atomic E-state index is 13.3. The number of aryl methyl sites for hydroxylation is 1. The van der Waals surface area contributed by atoms with Crippen molar-refractivity contribution in [2.75, 3.05) is 26.2 Å². The summed E-state index contributed by atoms with van der Waals surface area (Å²) in [6.45, 7) is 3.11. The zero-order chi connectivity index (χ0) is 21.6. The predicted molar refractivity (Wildman–Crippen MR) is 114 cm³/mol. The molecule has 1 fully saturated rings. The molecule has 0 radical (unpaired) electrons. The van der Waals surface area contributed by atoms with Gasteiger partial charge in [0.1, 0.15) is 17.6 Å². The van der Waals surface area contributed by atoms with Gasteiger partial charge in [-0.2, -0.15) is 5.10 Å². The van der Waals surface area contributed by atoms with Gasteiger partial charge in [-0.3, -0.25) is 14.7 Å². The average Bonchev–Trinajstić information content (AvgIpc) is 3.12. The largest absolute Gasteiger partial charge is 0.484 e. The van der Waals surface area contributed by atoms with Gasteiger partial charge in [0, 0.05) is 25.2 Å². The summed E-state index contributed by atoms with van der Waals surface area (Å²) in [6.07, 6.45) is 0.662. The summed E-state index contributed by atoms with van der Waals surface area (Å²) in [5, 5.41) is 7.14. The van der Waals surface area contributed by atoms with E-state index in [1.165, 1.54) is 0 Å². The van der Waals surface area contributed by atoms with Gasteiger partial charge in [-0.1, -0.05) is 36.4 Å². The number of hydrogen-bond acceptors (Lipinski definition) is 5.